The molecule has 1 saturated heterocycles. The van der Waals surface area contributed by atoms with Gasteiger partial charge in [0.05, 0.1) is 0 Å². The Hall–Kier alpha value is -2.16. The number of hydrogen-bond acceptors (Lipinski definition) is 2. The molecule has 3 heteroatoms. The Morgan fingerprint density at radius 2 is 1.92 bits per heavy atom. The predicted octanol–water partition coefficient (Wildman–Crippen LogP) is 4.08. The van der Waals surface area contributed by atoms with Gasteiger partial charge in [-0.1, -0.05) is 39.0 Å². The number of pyridine rings is 1. The van der Waals surface area contributed by atoms with Crippen molar-refractivity contribution in [2.24, 2.45) is 5.92 Å². The van der Waals surface area contributed by atoms with Crippen LogP contribution in [0.2, 0.25) is 0 Å². The largest absolute Gasteiger partial charge is 0.338 e. The Kier molecular flexibility index (Phi) is 4.70. The van der Waals surface area contributed by atoms with Gasteiger partial charge in [-0.05, 0) is 54.0 Å². The molecule has 1 fully saturated rings. The van der Waals surface area contributed by atoms with Crippen LogP contribution in [0.15, 0.2) is 48.7 Å². The van der Waals surface area contributed by atoms with Crippen LogP contribution in [0.4, 0.5) is 0 Å². The zero-order valence-electron chi connectivity index (χ0n) is 14.8. The Balaban J connectivity index is 1.62. The van der Waals surface area contributed by atoms with Gasteiger partial charge in [-0.3, -0.25) is 9.78 Å². The number of nitrogens with zero attached hydrogens (tertiary/aromatic N) is 2. The van der Waals surface area contributed by atoms with E-state index in [0.717, 1.165) is 37.2 Å². The molecular weight excluding hydrogens is 296 g/mol. The van der Waals surface area contributed by atoms with E-state index in [2.05, 4.69) is 44.0 Å². The van der Waals surface area contributed by atoms with E-state index in [9.17, 15) is 4.79 Å². The number of rotatable bonds is 3. The van der Waals surface area contributed by atoms with Crippen LogP contribution in [-0.4, -0.2) is 28.9 Å². The minimum atomic E-state index is 0.114. The van der Waals surface area contributed by atoms with Gasteiger partial charge < -0.3 is 4.90 Å². The van der Waals surface area contributed by atoms with E-state index in [1.807, 2.05) is 35.4 Å². The summed E-state index contributed by atoms with van der Waals surface area (Å²) in [6, 6.07) is 14.1. The van der Waals surface area contributed by atoms with E-state index in [1.54, 1.807) is 0 Å². The quantitative estimate of drug-likeness (QED) is 0.853. The fraction of sp³-hybridized carbons (Fsp3) is 0.429. The number of amides is 1. The molecule has 1 atom stereocenters. The number of carbonyl (C=O) groups is 1. The van der Waals surface area contributed by atoms with Gasteiger partial charge in [0.25, 0.3) is 5.91 Å². The second-order valence-electron chi connectivity index (χ2n) is 7.76. The summed E-state index contributed by atoms with van der Waals surface area (Å²) in [6.45, 7) is 8.24. The summed E-state index contributed by atoms with van der Waals surface area (Å²) in [5.41, 5.74) is 3.28. The fourth-order valence-corrected chi connectivity index (χ4v) is 3.29. The van der Waals surface area contributed by atoms with Crippen LogP contribution in [-0.2, 0) is 11.8 Å². The van der Waals surface area contributed by atoms with Gasteiger partial charge in [-0.15, -0.1) is 0 Å². The van der Waals surface area contributed by atoms with Crippen LogP contribution >= 0.6 is 0 Å². The molecule has 3 rings (SSSR count). The summed E-state index contributed by atoms with van der Waals surface area (Å²) in [5.74, 6) is 0.664. The lowest BCUT2D eigenvalue weighted by Gasteiger charge is -2.20. The topological polar surface area (TPSA) is 33.2 Å². The zero-order chi connectivity index (χ0) is 17.2. The van der Waals surface area contributed by atoms with Crippen molar-refractivity contribution in [3.05, 3.63) is 65.5 Å². The lowest BCUT2D eigenvalue weighted by Crippen LogP contribution is -2.29. The summed E-state index contributed by atoms with van der Waals surface area (Å²) >= 11 is 0. The van der Waals surface area contributed by atoms with Crippen molar-refractivity contribution in [2.45, 2.75) is 39.0 Å². The highest BCUT2D eigenvalue weighted by molar-refractivity contribution is 5.94. The summed E-state index contributed by atoms with van der Waals surface area (Å²) in [7, 11) is 0. The molecule has 0 N–H and O–H groups in total. The average Bonchev–Trinajstić information content (AvgIpc) is 3.03. The van der Waals surface area contributed by atoms with Gasteiger partial charge in [0, 0.05) is 30.5 Å². The number of hydrogen-bond donors (Lipinski definition) is 0. The van der Waals surface area contributed by atoms with Gasteiger partial charge >= 0.3 is 0 Å². The van der Waals surface area contributed by atoms with E-state index in [-0.39, 0.29) is 11.3 Å². The van der Waals surface area contributed by atoms with Crippen molar-refractivity contribution >= 4 is 5.91 Å². The number of carbonyl (C=O) groups excluding carboxylic acids is 1. The first-order chi connectivity index (χ1) is 11.4. The number of likely N-dealkylation sites (tertiary alicyclic amines) is 1. The predicted molar refractivity (Wildman–Crippen MR) is 97.1 cm³/mol. The Morgan fingerprint density at radius 3 is 2.54 bits per heavy atom. The molecule has 1 amide bonds. The molecule has 126 valence electrons. The van der Waals surface area contributed by atoms with Crippen molar-refractivity contribution in [1.29, 1.82) is 0 Å². The van der Waals surface area contributed by atoms with Crippen LogP contribution in [0.25, 0.3) is 0 Å². The van der Waals surface area contributed by atoms with Gasteiger partial charge in [-0.25, -0.2) is 0 Å². The van der Waals surface area contributed by atoms with E-state index in [1.165, 1.54) is 5.56 Å². The molecule has 2 aromatic rings. The van der Waals surface area contributed by atoms with Gasteiger partial charge in [0.1, 0.15) is 0 Å². The summed E-state index contributed by atoms with van der Waals surface area (Å²) in [4.78, 5) is 19.1. The third-order valence-corrected chi connectivity index (χ3v) is 4.79. The Labute approximate surface area is 144 Å². The lowest BCUT2D eigenvalue weighted by molar-refractivity contribution is 0.0787. The first kappa shape index (κ1) is 16.7. The molecule has 1 aromatic heterocycles. The van der Waals surface area contributed by atoms with Gasteiger partial charge in [0.2, 0.25) is 0 Å². The highest BCUT2D eigenvalue weighted by Crippen LogP contribution is 2.25. The van der Waals surface area contributed by atoms with Crippen LogP contribution in [0.5, 0.6) is 0 Å². The maximum Gasteiger partial charge on any atom is 0.253 e. The number of benzene rings is 1. The van der Waals surface area contributed by atoms with Crippen molar-refractivity contribution in [3.8, 4) is 0 Å². The zero-order valence-corrected chi connectivity index (χ0v) is 14.8. The van der Waals surface area contributed by atoms with Gasteiger partial charge in [0.15, 0.2) is 0 Å². The van der Waals surface area contributed by atoms with Crippen LogP contribution in [0.1, 0.15) is 48.8 Å². The highest BCUT2D eigenvalue weighted by Gasteiger charge is 2.27. The molecule has 0 bridgehead atoms. The first-order valence-corrected chi connectivity index (χ1v) is 8.73. The maximum atomic E-state index is 12.7. The fourth-order valence-electron chi connectivity index (χ4n) is 3.29. The SMILES string of the molecule is CC(C)(C)c1ccc(C(=O)N2CCC(Cc3ccccn3)C2)cc1. The third-order valence-electron chi connectivity index (χ3n) is 4.79. The van der Waals surface area contributed by atoms with Gasteiger partial charge in [-0.2, -0.15) is 0 Å². The molecule has 1 aliphatic heterocycles. The van der Waals surface area contributed by atoms with E-state index >= 15 is 0 Å². The van der Waals surface area contributed by atoms with Crippen molar-refractivity contribution in [1.82, 2.24) is 9.88 Å². The minimum Gasteiger partial charge on any atom is -0.338 e. The molecule has 2 heterocycles. The van der Waals surface area contributed by atoms with E-state index < -0.39 is 0 Å². The van der Waals surface area contributed by atoms with Crippen LogP contribution < -0.4 is 0 Å². The minimum absolute atomic E-state index is 0.114. The van der Waals surface area contributed by atoms with Crippen LogP contribution in [0.3, 0.4) is 0 Å². The Bertz CT molecular complexity index is 686. The average molecular weight is 322 g/mol. The second-order valence-corrected chi connectivity index (χ2v) is 7.76. The third kappa shape index (κ3) is 3.84. The molecule has 3 nitrogen and oxygen atoms in total. The summed E-state index contributed by atoms with van der Waals surface area (Å²) in [5, 5.41) is 0. The van der Waals surface area contributed by atoms with Crippen molar-refractivity contribution in [2.75, 3.05) is 13.1 Å². The van der Waals surface area contributed by atoms with E-state index in [0.29, 0.717) is 5.92 Å². The molecule has 1 aromatic carbocycles. The van der Waals surface area contributed by atoms with Crippen molar-refractivity contribution in [3.63, 3.8) is 0 Å². The second kappa shape index (κ2) is 6.76. The Morgan fingerprint density at radius 1 is 1.17 bits per heavy atom. The maximum absolute atomic E-state index is 12.7. The highest BCUT2D eigenvalue weighted by atomic mass is 16.2. The molecule has 0 aliphatic carbocycles. The molecule has 0 saturated carbocycles. The van der Waals surface area contributed by atoms with Crippen LogP contribution in [0, 0.1) is 5.92 Å². The standard InChI is InChI=1S/C21H26N2O/c1-21(2,3)18-9-7-17(8-10-18)20(24)23-13-11-16(15-23)14-19-6-4-5-12-22-19/h4-10,12,16H,11,13-15H2,1-3H3. The van der Waals surface area contributed by atoms with E-state index in [4.69, 9.17) is 0 Å². The monoisotopic (exact) mass is 322 g/mol. The molecule has 24 heavy (non-hydrogen) atoms. The number of aromatic nitrogens is 1. The molecule has 1 aliphatic rings. The normalized spacial score (nSPS) is 18.0. The summed E-state index contributed by atoms with van der Waals surface area (Å²) in [6.07, 6.45) is 3.85. The molecule has 0 spiro atoms. The molecule has 0 radical (unpaired) electrons. The lowest BCUT2D eigenvalue weighted by atomic mass is 9.86. The molecule has 1 unspecified atom stereocenters. The first-order valence-electron chi connectivity index (χ1n) is 8.73. The van der Waals surface area contributed by atoms with Crippen molar-refractivity contribution < 1.29 is 4.79 Å². The summed E-state index contributed by atoms with van der Waals surface area (Å²) < 4.78 is 0. The molecular formula is C21H26N2O. The smallest absolute Gasteiger partial charge is 0.253 e.